The molecule has 7 heteroatoms. The number of rotatable bonds is 5. The quantitative estimate of drug-likeness (QED) is 0.826. The predicted octanol–water partition coefficient (Wildman–Crippen LogP) is 1.25. The van der Waals surface area contributed by atoms with Gasteiger partial charge < -0.3 is 5.32 Å². The molecule has 0 bridgehead atoms. The highest BCUT2D eigenvalue weighted by Gasteiger charge is 2.15. The second kappa shape index (κ2) is 7.53. The zero-order valence-corrected chi connectivity index (χ0v) is 14.3. The first-order valence-corrected chi connectivity index (χ1v) is 7.68. The lowest BCUT2D eigenvalue weighted by atomic mass is 10.1. The summed E-state index contributed by atoms with van der Waals surface area (Å²) in [4.78, 5) is 35.5. The Balaban J connectivity index is 2.20. The van der Waals surface area contributed by atoms with Crippen LogP contribution in [0.5, 0.6) is 0 Å². The average molecular weight is 338 g/mol. The van der Waals surface area contributed by atoms with Gasteiger partial charge in [-0.2, -0.15) is 10.4 Å². The van der Waals surface area contributed by atoms with E-state index in [1.165, 1.54) is 6.92 Å². The number of carbonyl (C=O) groups excluding carboxylic acids is 2. The Morgan fingerprint density at radius 3 is 2.44 bits per heavy atom. The number of aromatic nitrogens is 2. The van der Waals surface area contributed by atoms with E-state index >= 15 is 0 Å². The second-order valence-corrected chi connectivity index (χ2v) is 5.69. The summed E-state index contributed by atoms with van der Waals surface area (Å²) in [7, 11) is 0. The Bertz CT molecular complexity index is 921. The Labute approximate surface area is 144 Å². The lowest BCUT2D eigenvalue weighted by Crippen LogP contribution is -2.30. The van der Waals surface area contributed by atoms with Crippen molar-refractivity contribution >= 4 is 11.7 Å². The van der Waals surface area contributed by atoms with Crippen LogP contribution in [0.2, 0.25) is 0 Å². The third-order valence-electron chi connectivity index (χ3n) is 3.86. The molecule has 0 spiro atoms. The molecule has 0 aliphatic carbocycles. The van der Waals surface area contributed by atoms with E-state index in [1.54, 1.807) is 38.1 Å². The first-order chi connectivity index (χ1) is 11.8. The number of hydrogen-bond donors (Lipinski definition) is 1. The van der Waals surface area contributed by atoms with Crippen LogP contribution in [0.3, 0.4) is 0 Å². The Morgan fingerprint density at radius 1 is 1.24 bits per heavy atom. The van der Waals surface area contributed by atoms with Crippen molar-refractivity contribution in [1.82, 2.24) is 15.1 Å². The van der Waals surface area contributed by atoms with Gasteiger partial charge in [0.2, 0.25) is 5.91 Å². The van der Waals surface area contributed by atoms with E-state index in [1.807, 2.05) is 6.07 Å². The molecule has 0 radical (unpaired) electrons. The lowest BCUT2D eigenvalue weighted by Gasteiger charge is -2.09. The van der Waals surface area contributed by atoms with Gasteiger partial charge in [-0.1, -0.05) is 24.3 Å². The van der Waals surface area contributed by atoms with Crippen LogP contribution in [0, 0.1) is 25.2 Å². The van der Waals surface area contributed by atoms with Gasteiger partial charge in [-0.25, -0.2) is 4.68 Å². The van der Waals surface area contributed by atoms with Crippen molar-refractivity contribution in [2.24, 2.45) is 0 Å². The molecular weight excluding hydrogens is 320 g/mol. The number of nitriles is 1. The van der Waals surface area contributed by atoms with Gasteiger partial charge in [-0.3, -0.25) is 14.4 Å². The minimum Gasteiger partial charge on any atom is -0.352 e. The maximum Gasteiger partial charge on any atom is 0.285 e. The van der Waals surface area contributed by atoms with Gasteiger partial charge in [0.1, 0.15) is 18.2 Å². The molecule has 1 aromatic carbocycles. The molecule has 0 saturated carbocycles. The number of aryl methyl sites for hydroxylation is 1. The summed E-state index contributed by atoms with van der Waals surface area (Å²) in [6.07, 6.45) is 0. The number of carbonyl (C=O) groups is 2. The normalized spacial score (nSPS) is 10.2. The molecular formula is C18H18N4O3. The van der Waals surface area contributed by atoms with Gasteiger partial charge in [-0.05, 0) is 25.0 Å². The number of hydrogen-bond acceptors (Lipinski definition) is 5. The molecule has 2 rings (SSSR count). The van der Waals surface area contributed by atoms with Crippen LogP contribution in [-0.4, -0.2) is 21.5 Å². The van der Waals surface area contributed by atoms with Crippen molar-refractivity contribution in [3.05, 3.63) is 62.6 Å². The monoisotopic (exact) mass is 338 g/mol. The molecule has 1 heterocycles. The highest BCUT2D eigenvalue weighted by atomic mass is 16.2. The van der Waals surface area contributed by atoms with Crippen LogP contribution in [0.1, 0.15) is 39.7 Å². The standard InChI is InChI=1S/C18H18N4O3/c1-11-12(2)21-22(18(25)16(11)8-19)10-17(24)15-6-4-14(5-7-15)9-20-13(3)23/h4-7H,9-10H2,1-3H3,(H,20,23). The summed E-state index contributed by atoms with van der Waals surface area (Å²) >= 11 is 0. The van der Waals surface area contributed by atoms with E-state index in [0.29, 0.717) is 23.4 Å². The van der Waals surface area contributed by atoms with Crippen molar-refractivity contribution in [1.29, 1.82) is 5.26 Å². The zero-order valence-electron chi connectivity index (χ0n) is 14.3. The van der Waals surface area contributed by atoms with Gasteiger partial charge in [0.15, 0.2) is 5.78 Å². The molecule has 25 heavy (non-hydrogen) atoms. The number of ketones is 1. The second-order valence-electron chi connectivity index (χ2n) is 5.69. The number of nitrogens with one attached hydrogen (secondary N) is 1. The van der Waals surface area contributed by atoms with E-state index in [4.69, 9.17) is 5.26 Å². The Morgan fingerprint density at radius 2 is 1.88 bits per heavy atom. The van der Waals surface area contributed by atoms with Gasteiger partial charge in [0.25, 0.3) is 5.56 Å². The topological polar surface area (TPSA) is 105 Å². The van der Waals surface area contributed by atoms with E-state index in [0.717, 1.165) is 10.2 Å². The first-order valence-electron chi connectivity index (χ1n) is 7.68. The summed E-state index contributed by atoms with van der Waals surface area (Å²) in [5, 5.41) is 15.9. The van der Waals surface area contributed by atoms with Gasteiger partial charge in [0, 0.05) is 19.0 Å². The van der Waals surface area contributed by atoms with E-state index < -0.39 is 5.56 Å². The Kier molecular flexibility index (Phi) is 5.45. The van der Waals surface area contributed by atoms with Crippen molar-refractivity contribution in [3.63, 3.8) is 0 Å². The maximum atomic E-state index is 12.4. The van der Waals surface area contributed by atoms with Crippen LogP contribution in [-0.2, 0) is 17.9 Å². The molecule has 0 unspecified atom stereocenters. The molecule has 1 amide bonds. The molecule has 7 nitrogen and oxygen atoms in total. The minimum absolute atomic E-state index is 0.00551. The fourth-order valence-electron chi connectivity index (χ4n) is 2.27. The van der Waals surface area contributed by atoms with Crippen molar-refractivity contribution in [2.45, 2.75) is 33.9 Å². The maximum absolute atomic E-state index is 12.4. The van der Waals surface area contributed by atoms with Crippen LogP contribution < -0.4 is 10.9 Å². The first kappa shape index (κ1) is 18.1. The van der Waals surface area contributed by atoms with Crippen LogP contribution >= 0.6 is 0 Å². The smallest absolute Gasteiger partial charge is 0.285 e. The summed E-state index contributed by atoms with van der Waals surface area (Å²) in [6, 6.07) is 8.61. The molecule has 1 aromatic heterocycles. The van der Waals surface area contributed by atoms with Gasteiger partial charge in [-0.15, -0.1) is 0 Å². The average Bonchev–Trinajstić information content (AvgIpc) is 2.58. The van der Waals surface area contributed by atoms with Crippen LogP contribution in [0.4, 0.5) is 0 Å². The number of benzene rings is 1. The largest absolute Gasteiger partial charge is 0.352 e. The fourth-order valence-corrected chi connectivity index (χ4v) is 2.27. The van der Waals surface area contributed by atoms with E-state index in [-0.39, 0.29) is 23.8 Å². The van der Waals surface area contributed by atoms with Gasteiger partial charge in [0.05, 0.1) is 5.69 Å². The zero-order chi connectivity index (χ0) is 18.6. The van der Waals surface area contributed by atoms with Crippen LogP contribution in [0.15, 0.2) is 29.1 Å². The lowest BCUT2D eigenvalue weighted by molar-refractivity contribution is -0.119. The molecule has 0 aliphatic rings. The third kappa shape index (κ3) is 4.18. The molecule has 128 valence electrons. The van der Waals surface area contributed by atoms with E-state index in [2.05, 4.69) is 10.4 Å². The molecule has 1 N–H and O–H groups in total. The third-order valence-corrected chi connectivity index (χ3v) is 3.86. The summed E-state index contributed by atoms with van der Waals surface area (Å²) in [5.74, 6) is -0.415. The van der Waals surface area contributed by atoms with E-state index in [9.17, 15) is 14.4 Å². The predicted molar refractivity (Wildman–Crippen MR) is 91.0 cm³/mol. The fraction of sp³-hybridized carbons (Fsp3) is 0.278. The molecule has 0 saturated heterocycles. The summed E-state index contributed by atoms with van der Waals surface area (Å²) in [5.41, 5.74) is 1.79. The molecule has 0 aliphatic heterocycles. The highest BCUT2D eigenvalue weighted by Crippen LogP contribution is 2.08. The molecule has 0 fully saturated rings. The summed E-state index contributed by atoms with van der Waals surface area (Å²) in [6.45, 7) is 4.92. The SMILES string of the molecule is CC(=O)NCc1ccc(C(=O)Cn2nc(C)c(C)c(C#N)c2=O)cc1. The van der Waals surface area contributed by atoms with Gasteiger partial charge >= 0.3 is 0 Å². The van der Waals surface area contributed by atoms with Crippen molar-refractivity contribution in [2.75, 3.05) is 0 Å². The number of amides is 1. The van der Waals surface area contributed by atoms with Crippen molar-refractivity contribution < 1.29 is 9.59 Å². The molecule has 0 atom stereocenters. The Hall–Kier alpha value is -3.27. The minimum atomic E-state index is -0.568. The van der Waals surface area contributed by atoms with Crippen molar-refractivity contribution in [3.8, 4) is 6.07 Å². The molecule has 2 aromatic rings. The number of nitrogens with zero attached hydrogens (tertiary/aromatic N) is 3. The highest BCUT2D eigenvalue weighted by molar-refractivity contribution is 5.95. The number of Topliss-reactive ketones (excluding diaryl/α,β-unsaturated/α-hetero) is 1. The summed E-state index contributed by atoms with van der Waals surface area (Å²) < 4.78 is 1.02. The van der Waals surface area contributed by atoms with Crippen LogP contribution in [0.25, 0.3) is 0 Å².